The van der Waals surface area contributed by atoms with Crippen molar-refractivity contribution in [1.82, 2.24) is 0 Å². The minimum atomic E-state index is -3.11. The average molecular weight is 161 g/mol. The highest BCUT2D eigenvalue weighted by molar-refractivity contribution is 8.25. The fourth-order valence-electron chi connectivity index (χ4n) is 0.407. The monoisotopic (exact) mass is 161 g/mol. The van der Waals surface area contributed by atoms with Crippen LogP contribution >= 0.6 is 10.8 Å². The summed E-state index contributed by atoms with van der Waals surface area (Å²) < 4.78 is 17.7. The smallest absolute Gasteiger partial charge is 0.0741 e. The first-order valence-electron chi connectivity index (χ1n) is 2.53. The van der Waals surface area contributed by atoms with Gasteiger partial charge in [-0.25, -0.2) is 5.14 Å². The molecule has 58 valence electrons. The van der Waals surface area contributed by atoms with E-state index >= 15 is 0 Å². The maximum Gasteiger partial charge on any atom is 0.0741 e. The molecule has 0 aliphatic carbocycles. The van der Waals surface area contributed by atoms with E-state index in [9.17, 15) is 0 Å². The summed E-state index contributed by atoms with van der Waals surface area (Å²) in [4.78, 5) is 0.197. The van der Waals surface area contributed by atoms with Crippen LogP contribution in [0.3, 0.4) is 0 Å². The van der Waals surface area contributed by atoms with Gasteiger partial charge in [-0.2, -0.15) is 0 Å². The lowest BCUT2D eigenvalue weighted by atomic mass is 10.5. The number of allylic oxidation sites excluding steroid dienone is 3. The molecule has 3 nitrogen and oxygen atoms in total. The van der Waals surface area contributed by atoms with Crippen molar-refractivity contribution in [2.75, 3.05) is 0 Å². The molecule has 0 saturated heterocycles. The molecule has 0 unspecified atom stereocenters. The predicted molar refractivity (Wildman–Crippen MR) is 45.5 cm³/mol. The van der Waals surface area contributed by atoms with Crippen LogP contribution in [-0.2, 0) is 0 Å². The van der Waals surface area contributed by atoms with E-state index in [1.165, 1.54) is 18.2 Å². The molecule has 0 aliphatic heterocycles. The van der Waals surface area contributed by atoms with Crippen LogP contribution in [0.2, 0.25) is 0 Å². The van der Waals surface area contributed by atoms with Crippen LogP contribution in [0, 0.1) is 0 Å². The van der Waals surface area contributed by atoms with Gasteiger partial charge in [0.25, 0.3) is 0 Å². The summed E-state index contributed by atoms with van der Waals surface area (Å²) in [6.45, 7) is 6.72. The van der Waals surface area contributed by atoms with Gasteiger partial charge in [-0.3, -0.25) is 9.11 Å². The largest absolute Gasteiger partial charge is 0.282 e. The maximum absolute atomic E-state index is 8.84. The molecule has 0 rings (SSSR count). The van der Waals surface area contributed by atoms with Crippen LogP contribution in [0.15, 0.2) is 36.3 Å². The third-order valence-electron chi connectivity index (χ3n) is 0.830. The molecule has 0 radical (unpaired) electrons. The van der Waals surface area contributed by atoms with E-state index in [4.69, 9.17) is 14.2 Å². The van der Waals surface area contributed by atoms with Gasteiger partial charge < -0.3 is 0 Å². The van der Waals surface area contributed by atoms with E-state index < -0.39 is 10.8 Å². The summed E-state index contributed by atoms with van der Waals surface area (Å²) in [6.07, 6.45) is 4.11. The molecular formula is C6H11NO2S. The molecule has 0 aliphatic rings. The minimum Gasteiger partial charge on any atom is -0.282 e. The van der Waals surface area contributed by atoms with Crippen LogP contribution in [0.5, 0.6) is 0 Å². The Morgan fingerprint density at radius 1 is 1.40 bits per heavy atom. The molecule has 0 atom stereocenters. The van der Waals surface area contributed by atoms with E-state index in [2.05, 4.69) is 13.2 Å². The molecule has 10 heavy (non-hydrogen) atoms. The number of rotatable bonds is 3. The van der Waals surface area contributed by atoms with Crippen LogP contribution < -0.4 is 5.14 Å². The Morgan fingerprint density at radius 2 is 1.90 bits per heavy atom. The Bertz CT molecular complexity index is 169. The minimum absolute atomic E-state index is 0.197. The lowest BCUT2D eigenvalue weighted by Crippen LogP contribution is -2.08. The fraction of sp³-hybridized carbons (Fsp3) is 0. The topological polar surface area (TPSA) is 66.5 Å². The summed E-state index contributed by atoms with van der Waals surface area (Å²) in [5, 5.41) is 4.98. The van der Waals surface area contributed by atoms with Crippen molar-refractivity contribution in [3.05, 3.63) is 36.3 Å². The van der Waals surface area contributed by atoms with E-state index in [-0.39, 0.29) is 4.91 Å². The van der Waals surface area contributed by atoms with Gasteiger partial charge in [0, 0.05) is 0 Å². The third-order valence-corrected chi connectivity index (χ3v) is 1.83. The van der Waals surface area contributed by atoms with Gasteiger partial charge in [0.15, 0.2) is 0 Å². The predicted octanol–water partition coefficient (Wildman–Crippen LogP) is 1.87. The maximum atomic E-state index is 8.84. The summed E-state index contributed by atoms with van der Waals surface area (Å²) in [5.41, 5.74) is 0. The Morgan fingerprint density at radius 3 is 2.00 bits per heavy atom. The zero-order valence-corrected chi connectivity index (χ0v) is 6.34. The Hall–Kier alpha value is -0.550. The van der Waals surface area contributed by atoms with Crippen molar-refractivity contribution < 1.29 is 9.11 Å². The second-order valence-corrected chi connectivity index (χ2v) is 3.26. The van der Waals surface area contributed by atoms with E-state index in [0.29, 0.717) is 0 Å². The molecule has 4 N–H and O–H groups in total. The summed E-state index contributed by atoms with van der Waals surface area (Å²) in [6, 6.07) is 0. The zero-order valence-electron chi connectivity index (χ0n) is 5.53. The van der Waals surface area contributed by atoms with Gasteiger partial charge >= 0.3 is 0 Å². The van der Waals surface area contributed by atoms with E-state index in [0.717, 1.165) is 0 Å². The Kier molecular flexibility index (Phi) is 3.38. The molecule has 0 spiro atoms. The SMILES string of the molecule is C=C/C=C(\C=C)S(N)(O)O. The van der Waals surface area contributed by atoms with Crippen molar-refractivity contribution in [2.24, 2.45) is 5.14 Å². The second kappa shape index (κ2) is 3.58. The van der Waals surface area contributed by atoms with Gasteiger partial charge in [0.2, 0.25) is 0 Å². The summed E-state index contributed by atoms with van der Waals surface area (Å²) >= 11 is 0. The van der Waals surface area contributed by atoms with Crippen LogP contribution in [0.4, 0.5) is 0 Å². The zero-order chi connectivity index (χ0) is 8.20. The highest BCUT2D eigenvalue weighted by Gasteiger charge is 2.06. The molecule has 0 heterocycles. The van der Waals surface area contributed by atoms with Crippen molar-refractivity contribution in [1.29, 1.82) is 0 Å². The van der Waals surface area contributed by atoms with Crippen molar-refractivity contribution >= 4 is 10.8 Å². The first-order valence-corrected chi connectivity index (χ1v) is 4.14. The van der Waals surface area contributed by atoms with E-state index in [1.807, 2.05) is 0 Å². The van der Waals surface area contributed by atoms with Gasteiger partial charge in [-0.05, 0) is 12.2 Å². The first kappa shape index (κ1) is 9.45. The number of nitrogens with two attached hydrogens (primary N) is 1. The summed E-state index contributed by atoms with van der Waals surface area (Å²) in [7, 11) is -3.11. The Balaban J connectivity index is 4.51. The Labute approximate surface area is 62.0 Å². The highest BCUT2D eigenvalue weighted by atomic mass is 32.3. The highest BCUT2D eigenvalue weighted by Crippen LogP contribution is 2.39. The lowest BCUT2D eigenvalue weighted by Gasteiger charge is -2.26. The van der Waals surface area contributed by atoms with Gasteiger partial charge in [0.1, 0.15) is 0 Å². The summed E-state index contributed by atoms with van der Waals surface area (Å²) in [5.74, 6) is 0. The molecule has 0 aromatic carbocycles. The van der Waals surface area contributed by atoms with Crippen molar-refractivity contribution in [2.45, 2.75) is 0 Å². The van der Waals surface area contributed by atoms with Crippen LogP contribution in [0.25, 0.3) is 0 Å². The molecule has 4 heteroatoms. The fourth-order valence-corrected chi connectivity index (χ4v) is 0.949. The number of hydrogen-bond acceptors (Lipinski definition) is 3. The average Bonchev–Trinajstić information content (AvgIpc) is 1.80. The van der Waals surface area contributed by atoms with Gasteiger partial charge in [-0.15, -0.1) is 10.8 Å². The third kappa shape index (κ3) is 2.84. The molecule has 0 saturated carbocycles. The molecule has 0 fully saturated rings. The van der Waals surface area contributed by atoms with E-state index in [1.54, 1.807) is 0 Å². The van der Waals surface area contributed by atoms with Gasteiger partial charge in [0.05, 0.1) is 4.91 Å². The molecular weight excluding hydrogens is 150 g/mol. The second-order valence-electron chi connectivity index (χ2n) is 1.60. The molecule has 0 bridgehead atoms. The van der Waals surface area contributed by atoms with Crippen molar-refractivity contribution in [3.8, 4) is 0 Å². The van der Waals surface area contributed by atoms with Crippen molar-refractivity contribution in [3.63, 3.8) is 0 Å². The molecule has 0 aromatic rings. The van der Waals surface area contributed by atoms with Crippen LogP contribution in [0.1, 0.15) is 0 Å². The molecule has 0 aromatic heterocycles. The first-order chi connectivity index (χ1) is 4.52. The quantitative estimate of drug-likeness (QED) is 0.553. The normalized spacial score (nSPS) is 14.5. The number of hydrogen-bond donors (Lipinski definition) is 3. The van der Waals surface area contributed by atoms with Crippen LogP contribution in [-0.4, -0.2) is 9.11 Å². The van der Waals surface area contributed by atoms with Gasteiger partial charge in [-0.1, -0.05) is 19.2 Å². The molecule has 0 amide bonds. The standard InChI is InChI=1S/C6H11NO2S/c1-3-5-6(4-2)10(7,8)9/h3-5,8-9H,1-2,7H2/b6-5+. The lowest BCUT2D eigenvalue weighted by molar-refractivity contribution is 0.499.